The van der Waals surface area contributed by atoms with Crippen molar-refractivity contribution in [1.29, 1.82) is 0 Å². The molecule has 8 aromatic carbocycles. The number of hydrogen-bond acceptors (Lipinski definition) is 4. The molecule has 1 aliphatic heterocycles. The number of nitrogens with zero attached hydrogens (tertiary/aromatic N) is 2. The van der Waals surface area contributed by atoms with E-state index in [1.807, 2.05) is 36.4 Å². The number of para-hydroxylation sites is 1. The number of nitrogens with one attached hydrogen (secondary N) is 1. The van der Waals surface area contributed by atoms with Gasteiger partial charge in [0.25, 0.3) is 0 Å². The molecule has 0 spiro atoms. The minimum atomic E-state index is -0.336. The van der Waals surface area contributed by atoms with Crippen molar-refractivity contribution < 1.29 is 4.42 Å². The Morgan fingerprint density at radius 2 is 1.02 bits per heavy atom. The Kier molecular flexibility index (Phi) is 7.51. The molecular weight excluding hydrogens is 647 g/mol. The quantitative estimate of drug-likeness (QED) is 0.190. The molecule has 0 aliphatic carbocycles. The number of benzene rings is 8. The molecule has 1 aliphatic rings. The Bertz CT molecular complexity index is 2830. The summed E-state index contributed by atoms with van der Waals surface area (Å²) in [6.45, 7) is 0. The summed E-state index contributed by atoms with van der Waals surface area (Å²) in [5.74, 6) is 1.44. The van der Waals surface area contributed by atoms with Crippen molar-refractivity contribution in [1.82, 2.24) is 5.32 Å². The average Bonchev–Trinajstić information content (AvgIpc) is 3.64. The van der Waals surface area contributed by atoms with E-state index in [0.29, 0.717) is 5.84 Å². The lowest BCUT2D eigenvalue weighted by Crippen LogP contribution is -2.33. The maximum Gasteiger partial charge on any atom is 0.160 e. The van der Waals surface area contributed by atoms with E-state index in [1.165, 1.54) is 33.0 Å². The van der Waals surface area contributed by atoms with Gasteiger partial charge in [0.2, 0.25) is 0 Å². The van der Waals surface area contributed by atoms with Crippen LogP contribution in [0.15, 0.2) is 202 Å². The molecule has 0 fully saturated rings. The third-order valence-electron chi connectivity index (χ3n) is 10.2. The molecule has 0 bridgehead atoms. The lowest BCUT2D eigenvalue weighted by molar-refractivity contribution is 0.669. The molecule has 1 N–H and O–H groups in total. The lowest BCUT2D eigenvalue weighted by atomic mass is 9.94. The fourth-order valence-electron chi connectivity index (χ4n) is 7.52. The van der Waals surface area contributed by atoms with Gasteiger partial charge in [0.15, 0.2) is 5.84 Å². The number of amidine groups is 2. The predicted molar refractivity (Wildman–Crippen MR) is 219 cm³/mol. The van der Waals surface area contributed by atoms with Gasteiger partial charge in [-0.3, -0.25) is 0 Å². The molecule has 0 radical (unpaired) electrons. The van der Waals surface area contributed by atoms with Gasteiger partial charge >= 0.3 is 0 Å². The van der Waals surface area contributed by atoms with E-state index in [-0.39, 0.29) is 6.17 Å². The molecule has 1 atom stereocenters. The molecule has 53 heavy (non-hydrogen) atoms. The normalized spacial score (nSPS) is 14.2. The minimum Gasteiger partial charge on any atom is -0.455 e. The maximum absolute atomic E-state index is 6.70. The monoisotopic (exact) mass is 679 g/mol. The molecule has 250 valence electrons. The Labute approximate surface area is 307 Å². The topological polar surface area (TPSA) is 49.9 Å². The van der Waals surface area contributed by atoms with Crippen LogP contribution >= 0.6 is 0 Å². The second kappa shape index (κ2) is 12.9. The summed E-state index contributed by atoms with van der Waals surface area (Å²) in [6, 6.07) is 65.7. The number of rotatable bonds is 6. The lowest BCUT2D eigenvalue weighted by Gasteiger charge is -2.24. The highest BCUT2D eigenvalue weighted by atomic mass is 16.3. The van der Waals surface area contributed by atoms with Crippen molar-refractivity contribution in [2.75, 3.05) is 0 Å². The van der Waals surface area contributed by atoms with Crippen LogP contribution in [-0.4, -0.2) is 11.7 Å². The predicted octanol–water partition coefficient (Wildman–Crippen LogP) is 12.2. The molecule has 0 saturated heterocycles. The maximum atomic E-state index is 6.70. The molecule has 4 nitrogen and oxygen atoms in total. The van der Waals surface area contributed by atoms with Gasteiger partial charge in [0.05, 0.1) is 0 Å². The molecule has 10 rings (SSSR count). The van der Waals surface area contributed by atoms with Crippen molar-refractivity contribution in [2.24, 2.45) is 9.98 Å². The summed E-state index contributed by atoms with van der Waals surface area (Å²) < 4.78 is 6.70. The first-order valence-electron chi connectivity index (χ1n) is 17.9. The molecule has 9 aromatic rings. The summed E-state index contributed by atoms with van der Waals surface area (Å²) >= 11 is 0. The summed E-state index contributed by atoms with van der Waals surface area (Å²) in [5, 5.41) is 8.15. The van der Waals surface area contributed by atoms with E-state index >= 15 is 0 Å². The zero-order valence-corrected chi connectivity index (χ0v) is 28.8. The first-order chi connectivity index (χ1) is 26.3. The standard InChI is InChI=1S/C49H33N3O/c1-3-12-32(13-4-1)33-22-28-38(29-23-33)48-50-47(37-15-5-2-6-16-37)51-49(52-48)43-31-30-41(46-45(43)42-19-9-10-21-44(42)53-46)36-26-24-35(25-27-36)40-20-11-17-34-14-7-8-18-39(34)40/h1-31,48H,(H,50,51,52). The Balaban J connectivity index is 1.10. The van der Waals surface area contributed by atoms with Gasteiger partial charge in [0.1, 0.15) is 23.2 Å². The van der Waals surface area contributed by atoms with E-state index in [2.05, 4.69) is 157 Å². The summed E-state index contributed by atoms with van der Waals surface area (Å²) in [6.07, 6.45) is -0.336. The van der Waals surface area contributed by atoms with E-state index in [1.54, 1.807) is 0 Å². The zero-order chi connectivity index (χ0) is 35.1. The van der Waals surface area contributed by atoms with E-state index in [4.69, 9.17) is 14.4 Å². The van der Waals surface area contributed by atoms with Gasteiger partial charge in [-0.1, -0.05) is 170 Å². The van der Waals surface area contributed by atoms with E-state index < -0.39 is 0 Å². The third-order valence-corrected chi connectivity index (χ3v) is 10.2. The number of hydrogen-bond donors (Lipinski definition) is 1. The minimum absolute atomic E-state index is 0.336. The smallest absolute Gasteiger partial charge is 0.160 e. The summed E-state index contributed by atoms with van der Waals surface area (Å²) in [5.41, 5.74) is 11.5. The number of aliphatic imine (C=N–C) groups is 2. The van der Waals surface area contributed by atoms with Gasteiger partial charge in [-0.2, -0.15) is 0 Å². The first kappa shape index (κ1) is 30.8. The highest BCUT2D eigenvalue weighted by Crippen LogP contribution is 2.40. The average molecular weight is 680 g/mol. The van der Waals surface area contributed by atoms with Crippen LogP contribution in [0.1, 0.15) is 22.9 Å². The van der Waals surface area contributed by atoms with Crippen LogP contribution < -0.4 is 5.32 Å². The highest BCUT2D eigenvalue weighted by Gasteiger charge is 2.25. The number of fused-ring (bicyclic) bond motifs is 4. The molecule has 0 saturated carbocycles. The molecule has 2 heterocycles. The van der Waals surface area contributed by atoms with Crippen LogP contribution in [0, 0.1) is 0 Å². The molecule has 1 aromatic heterocycles. The SMILES string of the molecule is c1ccc(C2=NC(c3ccc(-c4ccc(-c5cccc6ccccc56)cc4)c4oc5ccccc5c34)=NC(c3ccc(-c4ccccc4)cc3)N2)cc1. The van der Waals surface area contributed by atoms with Crippen LogP contribution in [0.4, 0.5) is 0 Å². The Morgan fingerprint density at radius 3 is 1.79 bits per heavy atom. The van der Waals surface area contributed by atoms with Crippen LogP contribution in [0.2, 0.25) is 0 Å². The van der Waals surface area contributed by atoms with Crippen LogP contribution in [-0.2, 0) is 0 Å². The molecular formula is C49H33N3O. The summed E-state index contributed by atoms with van der Waals surface area (Å²) in [7, 11) is 0. The second-order valence-corrected chi connectivity index (χ2v) is 13.4. The van der Waals surface area contributed by atoms with Crippen LogP contribution in [0.5, 0.6) is 0 Å². The molecule has 1 unspecified atom stereocenters. The van der Waals surface area contributed by atoms with Crippen LogP contribution in [0.3, 0.4) is 0 Å². The second-order valence-electron chi connectivity index (χ2n) is 13.4. The van der Waals surface area contributed by atoms with Crippen molar-refractivity contribution in [3.63, 3.8) is 0 Å². The van der Waals surface area contributed by atoms with Gasteiger partial charge < -0.3 is 9.73 Å². The Hall–Kier alpha value is -7.04. The van der Waals surface area contributed by atoms with Gasteiger partial charge in [-0.05, 0) is 62.4 Å². The highest BCUT2D eigenvalue weighted by molar-refractivity contribution is 6.23. The molecule has 4 heteroatoms. The van der Waals surface area contributed by atoms with Crippen molar-refractivity contribution >= 4 is 44.4 Å². The largest absolute Gasteiger partial charge is 0.455 e. The number of furan rings is 1. The van der Waals surface area contributed by atoms with Gasteiger partial charge in [-0.15, -0.1) is 0 Å². The summed E-state index contributed by atoms with van der Waals surface area (Å²) in [4.78, 5) is 10.5. The fourth-order valence-corrected chi connectivity index (χ4v) is 7.52. The van der Waals surface area contributed by atoms with Crippen LogP contribution in [0.25, 0.3) is 66.1 Å². The van der Waals surface area contributed by atoms with E-state index in [9.17, 15) is 0 Å². The zero-order valence-electron chi connectivity index (χ0n) is 28.8. The first-order valence-corrected chi connectivity index (χ1v) is 17.9. The van der Waals surface area contributed by atoms with Crippen molar-refractivity contribution in [3.8, 4) is 33.4 Å². The Morgan fingerprint density at radius 1 is 0.434 bits per heavy atom. The fraction of sp³-hybridized carbons (Fsp3) is 0.0204. The van der Waals surface area contributed by atoms with Gasteiger partial charge in [0, 0.05) is 27.5 Å². The third kappa shape index (κ3) is 5.58. The van der Waals surface area contributed by atoms with Crippen molar-refractivity contribution in [2.45, 2.75) is 6.17 Å². The van der Waals surface area contributed by atoms with Crippen molar-refractivity contribution in [3.05, 3.63) is 205 Å². The van der Waals surface area contributed by atoms with Gasteiger partial charge in [-0.25, -0.2) is 9.98 Å². The molecule has 0 amide bonds. The van der Waals surface area contributed by atoms with E-state index in [0.717, 1.165) is 55.6 Å².